The fourth-order valence-corrected chi connectivity index (χ4v) is 7.66. The summed E-state index contributed by atoms with van der Waals surface area (Å²) in [4.78, 5) is 37.4. The number of aliphatic imine (C=N–C) groups is 1. The van der Waals surface area contributed by atoms with Gasteiger partial charge in [0, 0.05) is 26.7 Å². The van der Waals surface area contributed by atoms with E-state index in [1.165, 1.54) is 11.0 Å². The van der Waals surface area contributed by atoms with Crippen molar-refractivity contribution in [2.24, 2.45) is 4.99 Å². The van der Waals surface area contributed by atoms with E-state index in [4.69, 9.17) is 16.6 Å². The molecule has 4 heterocycles. The fourth-order valence-electron chi connectivity index (χ4n) is 5.97. The van der Waals surface area contributed by atoms with E-state index in [2.05, 4.69) is 55.6 Å². The molecule has 5 aromatic rings. The Balaban J connectivity index is 1.22. The smallest absolute Gasteiger partial charge is 0.262 e. The third-order valence-electron chi connectivity index (χ3n) is 8.61. The van der Waals surface area contributed by atoms with Gasteiger partial charge in [-0.1, -0.05) is 55.3 Å². The van der Waals surface area contributed by atoms with Crippen LogP contribution in [0.4, 0.5) is 5.69 Å². The monoisotopic (exact) mass is 780 g/mol. The van der Waals surface area contributed by atoms with Gasteiger partial charge in [-0.25, -0.2) is 4.98 Å². The minimum atomic E-state index is -0.603. The molecule has 0 saturated heterocycles. The third-order valence-corrected chi connectivity index (χ3v) is 10.5. The summed E-state index contributed by atoms with van der Waals surface area (Å²) >= 11 is 11.2. The zero-order valence-corrected chi connectivity index (χ0v) is 31.5. The molecule has 0 unspecified atom stereocenters. The maximum Gasteiger partial charge on any atom is 0.262 e. The number of hydrogen-bond acceptors (Lipinski definition) is 8. The van der Waals surface area contributed by atoms with Crippen LogP contribution in [0.5, 0.6) is 0 Å². The Morgan fingerprint density at radius 1 is 1.08 bits per heavy atom. The average Bonchev–Trinajstić information content (AvgIpc) is 3.59. The van der Waals surface area contributed by atoms with Crippen molar-refractivity contribution >= 4 is 68.2 Å². The van der Waals surface area contributed by atoms with E-state index in [9.17, 15) is 14.9 Å². The van der Waals surface area contributed by atoms with E-state index in [0.717, 1.165) is 45.2 Å². The molecule has 0 bridgehead atoms. The first kappa shape index (κ1) is 35.9. The lowest BCUT2D eigenvalue weighted by Gasteiger charge is -2.19. The Bertz CT molecular complexity index is 2220. The van der Waals surface area contributed by atoms with Gasteiger partial charge in [-0.05, 0) is 96.7 Å². The van der Waals surface area contributed by atoms with Crippen LogP contribution in [0.15, 0.2) is 81.9 Å². The van der Waals surface area contributed by atoms with Crippen LogP contribution in [0.3, 0.4) is 0 Å². The minimum absolute atomic E-state index is 0.0363. The van der Waals surface area contributed by atoms with Gasteiger partial charge >= 0.3 is 0 Å². The van der Waals surface area contributed by atoms with Crippen molar-refractivity contribution in [2.45, 2.75) is 59.0 Å². The summed E-state index contributed by atoms with van der Waals surface area (Å²) in [5, 5.41) is 26.2. The zero-order chi connectivity index (χ0) is 36.2. The maximum atomic E-state index is 13.6. The number of nitriles is 1. The van der Waals surface area contributed by atoms with Crippen LogP contribution in [-0.2, 0) is 9.59 Å². The molecule has 13 heteroatoms. The first-order valence-corrected chi connectivity index (χ1v) is 18.4. The second-order valence-corrected chi connectivity index (χ2v) is 14.6. The first-order chi connectivity index (χ1) is 24.6. The van der Waals surface area contributed by atoms with Gasteiger partial charge in [0.25, 0.3) is 5.91 Å². The summed E-state index contributed by atoms with van der Waals surface area (Å²) in [6, 6.07) is 21.2. The molecular weight excluding hydrogens is 748 g/mol. The molecule has 0 aliphatic carbocycles. The van der Waals surface area contributed by atoms with Crippen molar-refractivity contribution in [1.29, 1.82) is 5.26 Å². The lowest BCUT2D eigenvalue weighted by Crippen LogP contribution is -2.29. The number of anilines is 1. The van der Waals surface area contributed by atoms with Gasteiger partial charge in [0.1, 0.15) is 33.1 Å². The molecule has 0 spiro atoms. The lowest BCUT2D eigenvalue weighted by atomic mass is 9.99. The van der Waals surface area contributed by atoms with Crippen molar-refractivity contribution in [3.05, 3.63) is 126 Å². The van der Waals surface area contributed by atoms with Crippen LogP contribution in [0.2, 0.25) is 5.02 Å². The maximum absolute atomic E-state index is 13.6. The number of thiophene rings is 1. The minimum Gasteiger partial charge on any atom is -0.345 e. The quantitative estimate of drug-likeness (QED) is 0.0828. The summed E-state index contributed by atoms with van der Waals surface area (Å²) in [6.07, 6.45) is 2.96. The summed E-state index contributed by atoms with van der Waals surface area (Å²) in [5.74, 6) is 0.599. The first-order valence-electron chi connectivity index (χ1n) is 16.4. The lowest BCUT2D eigenvalue weighted by molar-refractivity contribution is -0.118. The SMILES string of the molecule is CCC[C@H](NC(=O)/C(C#N)=C/c1cccc(Br)n1)c1ccc(NC(=O)C[C@@H]2N=C(c3ccc(Cl)cc3)c3c(sc(C)c3C)-n3c(C)nnc32)cc1. The number of pyridine rings is 1. The van der Waals surface area contributed by atoms with Gasteiger partial charge < -0.3 is 10.6 Å². The molecule has 6 rings (SSSR count). The number of nitrogens with zero attached hydrogens (tertiary/aromatic N) is 6. The summed E-state index contributed by atoms with van der Waals surface area (Å²) in [5.41, 5.74) is 5.69. The number of rotatable bonds is 10. The van der Waals surface area contributed by atoms with Crippen molar-refractivity contribution < 1.29 is 9.59 Å². The number of aromatic nitrogens is 4. The molecule has 10 nitrogen and oxygen atoms in total. The highest BCUT2D eigenvalue weighted by molar-refractivity contribution is 9.10. The van der Waals surface area contributed by atoms with Crippen LogP contribution in [-0.4, -0.2) is 37.3 Å². The van der Waals surface area contributed by atoms with Crippen LogP contribution in [0.25, 0.3) is 11.1 Å². The number of aryl methyl sites for hydroxylation is 2. The molecule has 3 aromatic heterocycles. The molecule has 0 radical (unpaired) electrons. The van der Waals surface area contributed by atoms with Crippen LogP contribution < -0.4 is 10.6 Å². The van der Waals surface area contributed by atoms with Crippen molar-refractivity contribution in [3.8, 4) is 11.1 Å². The normalized spacial score (nSPS) is 14.4. The molecule has 2 amide bonds. The fraction of sp³-hybridized carbons (Fsp3) is 0.237. The number of benzene rings is 2. The highest BCUT2D eigenvalue weighted by Crippen LogP contribution is 2.39. The molecule has 51 heavy (non-hydrogen) atoms. The molecule has 1 aliphatic heterocycles. The number of hydrogen-bond donors (Lipinski definition) is 2. The Hall–Kier alpha value is -4.96. The van der Waals surface area contributed by atoms with Gasteiger partial charge in [0.2, 0.25) is 5.91 Å². The molecule has 2 atom stereocenters. The number of carbonyl (C=O) groups excluding carboxylic acids is 2. The molecule has 2 N–H and O–H groups in total. The zero-order valence-electron chi connectivity index (χ0n) is 28.4. The van der Waals surface area contributed by atoms with Crippen molar-refractivity contribution in [2.75, 3.05) is 5.32 Å². The average molecular weight is 782 g/mol. The number of halogens is 2. The number of fused-ring (bicyclic) bond motifs is 3. The summed E-state index contributed by atoms with van der Waals surface area (Å²) in [7, 11) is 0. The molecular formula is C38H34BrClN8O2S. The van der Waals surface area contributed by atoms with E-state index >= 15 is 0 Å². The predicted octanol–water partition coefficient (Wildman–Crippen LogP) is 8.55. The van der Waals surface area contributed by atoms with E-state index in [0.29, 0.717) is 33.3 Å². The van der Waals surface area contributed by atoms with Crippen molar-refractivity contribution in [1.82, 2.24) is 25.1 Å². The van der Waals surface area contributed by atoms with E-state index in [1.54, 1.807) is 41.7 Å². The molecule has 0 saturated carbocycles. The Morgan fingerprint density at radius 2 is 1.82 bits per heavy atom. The van der Waals surface area contributed by atoms with Gasteiger partial charge in [-0.3, -0.25) is 19.1 Å². The van der Waals surface area contributed by atoms with Gasteiger partial charge in [0.05, 0.1) is 23.9 Å². The molecule has 0 fully saturated rings. The van der Waals surface area contributed by atoms with Crippen molar-refractivity contribution in [3.63, 3.8) is 0 Å². The highest BCUT2D eigenvalue weighted by Gasteiger charge is 2.32. The molecule has 2 aromatic carbocycles. The second kappa shape index (κ2) is 15.5. The van der Waals surface area contributed by atoms with Crippen LogP contribution >= 0.6 is 38.9 Å². The largest absolute Gasteiger partial charge is 0.345 e. The van der Waals surface area contributed by atoms with E-state index in [-0.39, 0.29) is 23.9 Å². The topological polar surface area (TPSA) is 138 Å². The van der Waals surface area contributed by atoms with Crippen LogP contribution in [0.1, 0.15) is 82.7 Å². The number of carbonyl (C=O) groups is 2. The van der Waals surface area contributed by atoms with Gasteiger partial charge in [-0.2, -0.15) is 5.26 Å². The third kappa shape index (κ3) is 7.86. The number of nitrogens with one attached hydrogen (secondary N) is 2. The predicted molar refractivity (Wildman–Crippen MR) is 204 cm³/mol. The summed E-state index contributed by atoms with van der Waals surface area (Å²) in [6.45, 7) is 8.11. The standard InChI is InChI=1S/C38H34BrClN8O2S/c1-5-7-30(45-37(50)26(20-41)18-29-8-6-9-32(39)42-29)24-12-16-28(17-13-24)43-33(49)19-31-36-47-46-23(4)48(36)38-34(21(2)22(3)51-38)35(44-31)25-10-14-27(40)15-11-25/h6,8-18,30-31H,5,7,19H2,1-4H3,(H,43,49)(H,45,50)/b26-18+/t30-,31-/m0/s1. The molecule has 258 valence electrons. The Kier molecular flexibility index (Phi) is 10.9. The molecule has 1 aliphatic rings. The van der Waals surface area contributed by atoms with Crippen LogP contribution in [0, 0.1) is 32.1 Å². The Morgan fingerprint density at radius 3 is 2.51 bits per heavy atom. The second-order valence-electron chi connectivity index (χ2n) is 12.1. The Labute approximate surface area is 313 Å². The van der Waals surface area contributed by atoms with Gasteiger partial charge in [0.15, 0.2) is 5.82 Å². The van der Waals surface area contributed by atoms with E-state index in [1.807, 2.05) is 60.9 Å². The van der Waals surface area contributed by atoms with Gasteiger partial charge in [-0.15, -0.1) is 21.5 Å². The van der Waals surface area contributed by atoms with E-state index < -0.39 is 11.9 Å². The summed E-state index contributed by atoms with van der Waals surface area (Å²) < 4.78 is 2.62. The highest BCUT2D eigenvalue weighted by atomic mass is 79.9. The number of amides is 2.